The average Bonchev–Trinajstić information content (AvgIpc) is 2.75. The summed E-state index contributed by atoms with van der Waals surface area (Å²) in [6, 6.07) is 11.8. The lowest BCUT2D eigenvalue weighted by atomic mass is 9.75. The third-order valence-corrected chi connectivity index (χ3v) is 5.20. The second-order valence-electron chi connectivity index (χ2n) is 8.56. The van der Waals surface area contributed by atoms with E-state index in [9.17, 15) is 4.79 Å². The van der Waals surface area contributed by atoms with Gasteiger partial charge in [0.1, 0.15) is 5.60 Å². The zero-order valence-corrected chi connectivity index (χ0v) is 15.8. The van der Waals surface area contributed by atoms with Gasteiger partial charge in [-0.2, -0.15) is 0 Å². The molecule has 3 rings (SSSR count). The molecule has 1 N–H and O–H groups in total. The zero-order valence-electron chi connectivity index (χ0n) is 15.8. The molecular weight excluding hydrogens is 312 g/mol. The van der Waals surface area contributed by atoms with Gasteiger partial charge in [-0.05, 0) is 57.9 Å². The number of ether oxygens (including phenoxy) is 1. The predicted octanol–water partition coefficient (Wildman–Crippen LogP) is 4.31. The van der Waals surface area contributed by atoms with E-state index >= 15 is 0 Å². The van der Waals surface area contributed by atoms with E-state index in [4.69, 9.17) is 4.74 Å². The fourth-order valence-electron chi connectivity index (χ4n) is 3.85. The van der Waals surface area contributed by atoms with Gasteiger partial charge in [-0.25, -0.2) is 4.79 Å². The minimum Gasteiger partial charge on any atom is -0.444 e. The maximum atomic E-state index is 12.4. The number of carbonyl (C=O) groups is 1. The first-order valence-corrected chi connectivity index (χ1v) is 9.69. The molecule has 4 nitrogen and oxygen atoms in total. The van der Waals surface area contributed by atoms with Gasteiger partial charge >= 0.3 is 6.09 Å². The van der Waals surface area contributed by atoms with Crippen molar-refractivity contribution in [1.29, 1.82) is 0 Å². The van der Waals surface area contributed by atoms with E-state index in [0.29, 0.717) is 18.0 Å². The number of benzene rings is 1. The van der Waals surface area contributed by atoms with E-state index in [-0.39, 0.29) is 6.09 Å². The molecule has 1 saturated carbocycles. The maximum absolute atomic E-state index is 12.4. The van der Waals surface area contributed by atoms with Gasteiger partial charge in [-0.1, -0.05) is 36.8 Å². The number of hydrogen-bond donors (Lipinski definition) is 1. The molecule has 0 bridgehead atoms. The molecule has 138 valence electrons. The van der Waals surface area contributed by atoms with Gasteiger partial charge in [0.15, 0.2) is 0 Å². The second kappa shape index (κ2) is 7.77. The standard InChI is InChI=1S/C21H32N2O2/c1-21(2,3)25-20(24)23-12-8-7-11-18(15-23)22-19-13-17(14-19)16-9-5-4-6-10-16/h4-6,9-10,17-19,22H,7-8,11-15H2,1-3H3. The van der Waals surface area contributed by atoms with Crippen LogP contribution in [0, 0.1) is 0 Å². The van der Waals surface area contributed by atoms with Crippen LogP contribution in [0.5, 0.6) is 0 Å². The van der Waals surface area contributed by atoms with Crippen LogP contribution in [0.3, 0.4) is 0 Å². The van der Waals surface area contributed by atoms with Crippen molar-refractivity contribution in [3.05, 3.63) is 35.9 Å². The lowest BCUT2D eigenvalue weighted by Gasteiger charge is -2.39. The molecule has 1 aromatic carbocycles. The largest absolute Gasteiger partial charge is 0.444 e. The highest BCUT2D eigenvalue weighted by Crippen LogP contribution is 2.37. The lowest BCUT2D eigenvalue weighted by molar-refractivity contribution is 0.0238. The number of rotatable bonds is 3. The van der Waals surface area contributed by atoms with Crippen molar-refractivity contribution in [3.8, 4) is 0 Å². The van der Waals surface area contributed by atoms with E-state index in [1.54, 1.807) is 0 Å². The molecule has 1 amide bonds. The molecule has 0 radical (unpaired) electrons. The molecule has 0 spiro atoms. The van der Waals surface area contributed by atoms with Crippen LogP contribution in [0.25, 0.3) is 0 Å². The summed E-state index contributed by atoms with van der Waals surface area (Å²) in [6.07, 6.45) is 5.61. The van der Waals surface area contributed by atoms with E-state index in [1.165, 1.54) is 24.8 Å². The van der Waals surface area contributed by atoms with Gasteiger partial charge in [0.05, 0.1) is 0 Å². The molecule has 1 aliphatic heterocycles. The lowest BCUT2D eigenvalue weighted by Crippen LogP contribution is -2.50. The number of nitrogens with zero attached hydrogens (tertiary/aromatic N) is 1. The molecule has 25 heavy (non-hydrogen) atoms. The summed E-state index contributed by atoms with van der Waals surface area (Å²) in [5, 5.41) is 3.79. The fourth-order valence-corrected chi connectivity index (χ4v) is 3.85. The first kappa shape index (κ1) is 18.2. The van der Waals surface area contributed by atoms with Crippen LogP contribution in [0.4, 0.5) is 4.79 Å². The van der Waals surface area contributed by atoms with E-state index in [2.05, 4.69) is 35.6 Å². The molecule has 2 fully saturated rings. The van der Waals surface area contributed by atoms with Crippen LogP contribution < -0.4 is 5.32 Å². The number of amides is 1. The minimum atomic E-state index is -0.427. The van der Waals surface area contributed by atoms with Gasteiger partial charge in [0, 0.05) is 25.2 Å². The molecular formula is C21H32N2O2. The Morgan fingerprint density at radius 1 is 1.12 bits per heavy atom. The molecule has 2 aliphatic rings. The van der Waals surface area contributed by atoms with Gasteiger partial charge in [-0.3, -0.25) is 0 Å². The van der Waals surface area contributed by atoms with Crippen LogP contribution in [0.1, 0.15) is 64.4 Å². The van der Waals surface area contributed by atoms with E-state index in [0.717, 1.165) is 25.9 Å². The molecule has 4 heteroatoms. The molecule has 0 aromatic heterocycles. The number of likely N-dealkylation sites (tertiary alicyclic amines) is 1. The van der Waals surface area contributed by atoms with Crippen molar-refractivity contribution in [1.82, 2.24) is 10.2 Å². The highest BCUT2D eigenvalue weighted by molar-refractivity contribution is 5.68. The summed E-state index contributed by atoms with van der Waals surface area (Å²) in [5.41, 5.74) is 1.03. The molecule has 1 unspecified atom stereocenters. The fraction of sp³-hybridized carbons (Fsp3) is 0.667. The Morgan fingerprint density at radius 3 is 2.52 bits per heavy atom. The Labute approximate surface area is 151 Å². The zero-order chi connectivity index (χ0) is 17.9. The van der Waals surface area contributed by atoms with Crippen LogP contribution in [0.2, 0.25) is 0 Å². The Bertz CT molecular complexity index is 561. The predicted molar refractivity (Wildman–Crippen MR) is 101 cm³/mol. The molecule has 1 atom stereocenters. The number of carbonyl (C=O) groups excluding carboxylic acids is 1. The average molecular weight is 344 g/mol. The number of hydrogen-bond acceptors (Lipinski definition) is 3. The van der Waals surface area contributed by atoms with Crippen molar-refractivity contribution in [2.24, 2.45) is 0 Å². The monoisotopic (exact) mass is 344 g/mol. The van der Waals surface area contributed by atoms with Gasteiger partial charge < -0.3 is 15.0 Å². The molecule has 1 saturated heterocycles. The van der Waals surface area contributed by atoms with Crippen molar-refractivity contribution in [2.75, 3.05) is 13.1 Å². The van der Waals surface area contributed by atoms with Crippen molar-refractivity contribution >= 4 is 6.09 Å². The van der Waals surface area contributed by atoms with Crippen molar-refractivity contribution < 1.29 is 9.53 Å². The highest BCUT2D eigenvalue weighted by Gasteiger charge is 2.33. The Hall–Kier alpha value is -1.55. The summed E-state index contributed by atoms with van der Waals surface area (Å²) in [6.45, 7) is 7.36. The first-order chi connectivity index (χ1) is 11.9. The summed E-state index contributed by atoms with van der Waals surface area (Å²) in [4.78, 5) is 14.3. The maximum Gasteiger partial charge on any atom is 0.410 e. The third kappa shape index (κ3) is 5.21. The Balaban J connectivity index is 1.48. The van der Waals surface area contributed by atoms with E-state index < -0.39 is 5.60 Å². The molecule has 1 aromatic rings. The van der Waals surface area contributed by atoms with Crippen LogP contribution in [0.15, 0.2) is 30.3 Å². The molecule has 1 heterocycles. The van der Waals surface area contributed by atoms with Gasteiger partial charge in [-0.15, -0.1) is 0 Å². The normalized spacial score (nSPS) is 27.3. The SMILES string of the molecule is CC(C)(C)OC(=O)N1CCCCC(NC2CC(c3ccccc3)C2)C1. The second-order valence-corrected chi connectivity index (χ2v) is 8.56. The first-order valence-electron chi connectivity index (χ1n) is 9.69. The smallest absolute Gasteiger partial charge is 0.410 e. The van der Waals surface area contributed by atoms with Crippen LogP contribution in [-0.2, 0) is 4.74 Å². The third-order valence-electron chi connectivity index (χ3n) is 5.20. The van der Waals surface area contributed by atoms with Gasteiger partial charge in [0.2, 0.25) is 0 Å². The number of nitrogens with one attached hydrogen (secondary N) is 1. The highest BCUT2D eigenvalue weighted by atomic mass is 16.6. The molecule has 1 aliphatic carbocycles. The van der Waals surface area contributed by atoms with Gasteiger partial charge in [0.25, 0.3) is 0 Å². The van der Waals surface area contributed by atoms with Crippen molar-refractivity contribution in [3.63, 3.8) is 0 Å². The summed E-state index contributed by atoms with van der Waals surface area (Å²) in [7, 11) is 0. The summed E-state index contributed by atoms with van der Waals surface area (Å²) < 4.78 is 5.56. The quantitative estimate of drug-likeness (QED) is 0.888. The Morgan fingerprint density at radius 2 is 1.84 bits per heavy atom. The van der Waals surface area contributed by atoms with Crippen LogP contribution >= 0.6 is 0 Å². The summed E-state index contributed by atoms with van der Waals surface area (Å²) in [5.74, 6) is 0.687. The topological polar surface area (TPSA) is 41.6 Å². The summed E-state index contributed by atoms with van der Waals surface area (Å²) >= 11 is 0. The Kier molecular flexibility index (Phi) is 5.67. The van der Waals surface area contributed by atoms with Crippen molar-refractivity contribution in [2.45, 2.75) is 76.5 Å². The minimum absolute atomic E-state index is 0.169. The van der Waals surface area contributed by atoms with E-state index in [1.807, 2.05) is 25.7 Å². The van der Waals surface area contributed by atoms with Crippen LogP contribution in [-0.4, -0.2) is 41.8 Å².